The molecular weight excluding hydrogens is 485 g/mol. The first-order chi connectivity index (χ1) is 13.5. The fourth-order valence-electron chi connectivity index (χ4n) is 3.09. The Morgan fingerprint density at radius 1 is 1.41 bits per heavy atom. The topological polar surface area (TPSA) is 96.7 Å². The molecule has 1 saturated heterocycles. The molecule has 3 heterocycles. The highest BCUT2D eigenvalue weighted by atomic mass is 127. The van der Waals surface area contributed by atoms with Crippen LogP contribution in [0.2, 0.25) is 0 Å². The monoisotopic (exact) mass is 513 g/mol. The molecule has 1 amide bonds. The summed E-state index contributed by atoms with van der Waals surface area (Å²) in [6, 6.07) is 5.54. The zero-order valence-electron chi connectivity index (χ0n) is 17.0. The molecule has 2 aromatic rings. The lowest BCUT2D eigenvalue weighted by Crippen LogP contribution is -2.48. The van der Waals surface area contributed by atoms with Crippen molar-refractivity contribution in [3.63, 3.8) is 0 Å². The van der Waals surface area contributed by atoms with Crippen LogP contribution in [0.25, 0.3) is 0 Å². The average molecular weight is 513 g/mol. The molecule has 1 aliphatic rings. The first-order valence-corrected chi connectivity index (χ1v) is 9.34. The van der Waals surface area contributed by atoms with Gasteiger partial charge >= 0.3 is 0 Å². The van der Waals surface area contributed by atoms with Crippen LogP contribution in [0.4, 0.5) is 5.82 Å². The van der Waals surface area contributed by atoms with Crippen LogP contribution in [0.5, 0.6) is 0 Å². The molecule has 0 spiro atoms. The zero-order chi connectivity index (χ0) is 19.9. The number of anilines is 1. The smallest absolute Gasteiger partial charge is 0.227 e. The number of aryl methyl sites for hydroxylation is 2. The standard InChI is InChI=1S/C19H27N7O2.HI/c1-14-5-4-6-17(23-14)24-18(27)7-8-21-19(20-2)26-9-10-28-16(13-26)15-11-22-25(3)12-15;/h4-6,11-12,16H,7-10,13H2,1-3H3,(H,20,21)(H,23,24,27);1H. The molecule has 1 fully saturated rings. The fourth-order valence-corrected chi connectivity index (χ4v) is 3.09. The predicted octanol–water partition coefficient (Wildman–Crippen LogP) is 1.72. The Morgan fingerprint density at radius 3 is 2.93 bits per heavy atom. The maximum absolute atomic E-state index is 12.1. The van der Waals surface area contributed by atoms with Crippen LogP contribution in [-0.4, -0.2) is 64.8 Å². The quantitative estimate of drug-likeness (QED) is 0.359. The van der Waals surface area contributed by atoms with Gasteiger partial charge in [-0.15, -0.1) is 24.0 Å². The van der Waals surface area contributed by atoms with Crippen molar-refractivity contribution < 1.29 is 9.53 Å². The van der Waals surface area contributed by atoms with E-state index in [1.54, 1.807) is 17.8 Å². The summed E-state index contributed by atoms with van der Waals surface area (Å²) < 4.78 is 7.64. The van der Waals surface area contributed by atoms with E-state index in [4.69, 9.17) is 4.74 Å². The summed E-state index contributed by atoms with van der Waals surface area (Å²) >= 11 is 0. The average Bonchev–Trinajstić information content (AvgIpc) is 3.12. The number of halogens is 1. The van der Waals surface area contributed by atoms with Gasteiger partial charge in [-0.3, -0.25) is 14.5 Å². The summed E-state index contributed by atoms with van der Waals surface area (Å²) in [4.78, 5) is 22.9. The molecule has 29 heavy (non-hydrogen) atoms. The van der Waals surface area contributed by atoms with Crippen molar-refractivity contribution in [1.82, 2.24) is 25.0 Å². The minimum absolute atomic E-state index is 0. The van der Waals surface area contributed by atoms with Gasteiger partial charge in [0.15, 0.2) is 5.96 Å². The molecule has 0 radical (unpaired) electrons. The first kappa shape index (κ1) is 23.1. The van der Waals surface area contributed by atoms with Crippen LogP contribution in [0.15, 0.2) is 35.6 Å². The molecule has 1 unspecified atom stereocenters. The van der Waals surface area contributed by atoms with Gasteiger partial charge in [0.2, 0.25) is 5.91 Å². The normalized spacial score (nSPS) is 16.9. The van der Waals surface area contributed by atoms with Crippen LogP contribution in [0, 0.1) is 6.92 Å². The Kier molecular flexibility index (Phi) is 8.83. The predicted molar refractivity (Wildman–Crippen MR) is 122 cm³/mol. The van der Waals surface area contributed by atoms with Gasteiger partial charge in [-0.1, -0.05) is 6.07 Å². The molecule has 0 saturated carbocycles. The molecule has 2 aromatic heterocycles. The van der Waals surface area contributed by atoms with E-state index >= 15 is 0 Å². The third-order valence-electron chi connectivity index (χ3n) is 4.47. The van der Waals surface area contributed by atoms with E-state index in [0.717, 1.165) is 23.8 Å². The van der Waals surface area contributed by atoms with Gasteiger partial charge in [0.05, 0.1) is 19.3 Å². The zero-order valence-corrected chi connectivity index (χ0v) is 19.3. The molecule has 0 aromatic carbocycles. The second-order valence-corrected chi connectivity index (χ2v) is 6.69. The number of aliphatic imine (C=N–C) groups is 1. The summed E-state index contributed by atoms with van der Waals surface area (Å²) in [5.74, 6) is 1.25. The van der Waals surface area contributed by atoms with E-state index in [2.05, 4.69) is 30.6 Å². The number of nitrogens with zero attached hydrogens (tertiary/aromatic N) is 5. The Bertz CT molecular complexity index is 839. The third kappa shape index (κ3) is 6.67. The van der Waals surface area contributed by atoms with Crippen LogP contribution in [0.3, 0.4) is 0 Å². The first-order valence-electron chi connectivity index (χ1n) is 9.34. The number of ether oxygens (including phenoxy) is 1. The van der Waals surface area contributed by atoms with E-state index in [9.17, 15) is 4.79 Å². The fraction of sp³-hybridized carbons (Fsp3) is 0.474. The SMILES string of the molecule is CN=C(NCCC(=O)Nc1cccc(C)n1)N1CCOC(c2cnn(C)c2)C1.I. The molecule has 10 heteroatoms. The number of morpholine rings is 1. The number of rotatable bonds is 5. The summed E-state index contributed by atoms with van der Waals surface area (Å²) in [5.41, 5.74) is 1.92. The summed E-state index contributed by atoms with van der Waals surface area (Å²) in [6.07, 6.45) is 4.07. The van der Waals surface area contributed by atoms with Crippen LogP contribution in [0.1, 0.15) is 23.8 Å². The number of aromatic nitrogens is 3. The molecule has 0 aliphatic carbocycles. The second kappa shape index (κ2) is 11.1. The highest BCUT2D eigenvalue weighted by Crippen LogP contribution is 2.21. The molecule has 2 N–H and O–H groups in total. The Balaban J connectivity index is 0.00000300. The highest BCUT2D eigenvalue weighted by Gasteiger charge is 2.25. The number of carbonyl (C=O) groups is 1. The maximum atomic E-state index is 12.1. The number of amides is 1. The van der Waals surface area contributed by atoms with Crippen molar-refractivity contribution >= 4 is 41.7 Å². The summed E-state index contributed by atoms with van der Waals surface area (Å²) in [6.45, 7) is 4.42. The molecule has 3 rings (SSSR count). The van der Waals surface area contributed by atoms with Crippen molar-refractivity contribution in [3.05, 3.63) is 41.9 Å². The van der Waals surface area contributed by atoms with Crippen LogP contribution in [-0.2, 0) is 16.6 Å². The largest absolute Gasteiger partial charge is 0.370 e. The van der Waals surface area contributed by atoms with Gasteiger partial charge < -0.3 is 20.3 Å². The molecule has 158 valence electrons. The van der Waals surface area contributed by atoms with Crippen LogP contribution >= 0.6 is 24.0 Å². The van der Waals surface area contributed by atoms with E-state index < -0.39 is 0 Å². The number of hydrogen-bond donors (Lipinski definition) is 2. The number of hydrogen-bond acceptors (Lipinski definition) is 5. The number of nitrogens with one attached hydrogen (secondary N) is 2. The Hall–Kier alpha value is -2.21. The maximum Gasteiger partial charge on any atom is 0.227 e. The van der Waals surface area contributed by atoms with E-state index in [0.29, 0.717) is 31.9 Å². The molecule has 0 bridgehead atoms. The lowest BCUT2D eigenvalue weighted by atomic mass is 10.1. The Labute approximate surface area is 187 Å². The molecule has 1 atom stereocenters. The van der Waals surface area contributed by atoms with Crippen molar-refractivity contribution in [3.8, 4) is 0 Å². The van der Waals surface area contributed by atoms with Gasteiger partial charge in [0.1, 0.15) is 11.9 Å². The minimum Gasteiger partial charge on any atom is -0.370 e. The third-order valence-corrected chi connectivity index (χ3v) is 4.47. The Morgan fingerprint density at radius 2 is 2.24 bits per heavy atom. The van der Waals surface area contributed by atoms with Crippen molar-refractivity contribution in [2.24, 2.45) is 12.0 Å². The second-order valence-electron chi connectivity index (χ2n) is 6.69. The molecule has 9 nitrogen and oxygen atoms in total. The molecular formula is C19H28IN7O2. The van der Waals surface area contributed by atoms with E-state index in [-0.39, 0.29) is 36.0 Å². The van der Waals surface area contributed by atoms with Crippen molar-refractivity contribution in [2.75, 3.05) is 38.6 Å². The van der Waals surface area contributed by atoms with Gasteiger partial charge in [0, 0.05) is 51.1 Å². The van der Waals surface area contributed by atoms with Gasteiger partial charge in [-0.05, 0) is 19.1 Å². The van der Waals surface area contributed by atoms with E-state index in [1.807, 2.05) is 38.5 Å². The van der Waals surface area contributed by atoms with Gasteiger partial charge in [0.25, 0.3) is 0 Å². The summed E-state index contributed by atoms with van der Waals surface area (Å²) in [5, 5.41) is 10.3. The van der Waals surface area contributed by atoms with E-state index in [1.165, 1.54) is 0 Å². The van der Waals surface area contributed by atoms with Gasteiger partial charge in [-0.2, -0.15) is 5.10 Å². The van der Waals surface area contributed by atoms with Gasteiger partial charge in [-0.25, -0.2) is 4.98 Å². The van der Waals surface area contributed by atoms with Crippen molar-refractivity contribution in [2.45, 2.75) is 19.4 Å². The lowest BCUT2D eigenvalue weighted by Gasteiger charge is -2.34. The molecule has 1 aliphatic heterocycles. The number of carbonyl (C=O) groups excluding carboxylic acids is 1. The summed E-state index contributed by atoms with van der Waals surface area (Å²) in [7, 11) is 3.63. The lowest BCUT2D eigenvalue weighted by molar-refractivity contribution is -0.116. The van der Waals surface area contributed by atoms with Crippen molar-refractivity contribution in [1.29, 1.82) is 0 Å². The number of pyridine rings is 1. The minimum atomic E-state index is -0.0868. The highest BCUT2D eigenvalue weighted by molar-refractivity contribution is 14.0. The van der Waals surface area contributed by atoms with Crippen LogP contribution < -0.4 is 10.6 Å². The number of guanidine groups is 1.